The van der Waals surface area contributed by atoms with Crippen molar-refractivity contribution in [3.63, 3.8) is 0 Å². The summed E-state index contributed by atoms with van der Waals surface area (Å²) in [7, 11) is 1.35. The lowest BCUT2D eigenvalue weighted by atomic mass is 10.1. The normalized spacial score (nSPS) is 14.0. The average Bonchev–Trinajstić information content (AvgIpc) is 4.12. The number of hydrogen-bond donors (Lipinski definition) is 0. The second-order valence-corrected chi connectivity index (χ2v) is 16.7. The third-order valence-electron chi connectivity index (χ3n) is 11.1. The smallest absolute Gasteiger partial charge is 0.337 e. The van der Waals surface area contributed by atoms with Crippen LogP contribution in [0.1, 0.15) is 47.2 Å². The Morgan fingerprint density at radius 2 is 1.08 bits per heavy atom. The van der Waals surface area contributed by atoms with E-state index in [-0.39, 0.29) is 23.4 Å². The molecule has 6 heterocycles. The van der Waals surface area contributed by atoms with Gasteiger partial charge in [0.25, 0.3) is 16.8 Å². The molecule has 2 saturated heterocycles. The van der Waals surface area contributed by atoms with E-state index in [1.54, 1.807) is 39.5 Å². The van der Waals surface area contributed by atoms with E-state index >= 15 is 0 Å². The molecule has 0 aliphatic carbocycles. The third-order valence-corrected chi connectivity index (χ3v) is 12.1. The van der Waals surface area contributed by atoms with Gasteiger partial charge in [-0.15, -0.1) is 20.4 Å². The van der Waals surface area contributed by atoms with Crippen LogP contribution in [0.15, 0.2) is 103 Å². The molecule has 0 N–H and O–H groups in total. The monoisotopic (exact) mass is 949 g/mol. The summed E-state index contributed by atoms with van der Waals surface area (Å²) < 4.78 is 13.5. The summed E-state index contributed by atoms with van der Waals surface area (Å²) in [5.41, 5.74) is 3.33. The highest BCUT2D eigenvalue weighted by Crippen LogP contribution is 2.27. The van der Waals surface area contributed by atoms with E-state index in [4.69, 9.17) is 4.74 Å². The highest BCUT2D eigenvalue weighted by molar-refractivity contribution is 9.10. The number of anilines is 2. The molecular formula is C42H37Br2N11O6. The van der Waals surface area contributed by atoms with Crippen molar-refractivity contribution in [2.45, 2.75) is 38.8 Å². The minimum atomic E-state index is -0.442. The van der Waals surface area contributed by atoms with Crippen LogP contribution in [0.4, 0.5) is 17.6 Å². The third kappa shape index (κ3) is 7.51. The van der Waals surface area contributed by atoms with Gasteiger partial charge >= 0.3 is 5.97 Å². The molecule has 19 heteroatoms. The zero-order chi connectivity index (χ0) is 42.4. The largest absolute Gasteiger partial charge is 0.465 e. The molecule has 0 amide bonds. The lowest BCUT2D eigenvalue weighted by Gasteiger charge is -2.17. The lowest BCUT2D eigenvalue weighted by Crippen LogP contribution is -2.26. The van der Waals surface area contributed by atoms with Gasteiger partial charge in [-0.05, 0) is 85.3 Å². The Balaban J connectivity index is 0.000000156. The van der Waals surface area contributed by atoms with E-state index in [9.17, 15) is 24.5 Å². The minimum Gasteiger partial charge on any atom is -0.465 e. The number of carbonyl (C=O) groups excluding carboxylic acids is 1. The molecule has 0 radical (unpaired) electrons. The molecule has 61 heavy (non-hydrogen) atoms. The number of rotatable bonds is 8. The molecule has 2 aliphatic heterocycles. The van der Waals surface area contributed by atoms with E-state index < -0.39 is 10.9 Å². The van der Waals surface area contributed by atoms with Crippen LogP contribution in [-0.4, -0.2) is 82.5 Å². The average molecular weight is 952 g/mol. The Bertz CT molecular complexity index is 3110. The minimum absolute atomic E-state index is 0.0116. The Morgan fingerprint density at radius 1 is 0.656 bits per heavy atom. The quantitative estimate of drug-likeness (QED) is 0.0906. The first-order valence-corrected chi connectivity index (χ1v) is 21.2. The molecule has 4 aromatic carbocycles. The van der Waals surface area contributed by atoms with Crippen LogP contribution in [-0.2, 0) is 17.8 Å². The molecule has 4 aromatic heterocycles. The summed E-state index contributed by atoms with van der Waals surface area (Å²) in [6.07, 6.45) is 4.43. The van der Waals surface area contributed by atoms with E-state index in [1.807, 2.05) is 51.3 Å². The van der Waals surface area contributed by atoms with Gasteiger partial charge in [-0.2, -0.15) is 0 Å². The fourth-order valence-corrected chi connectivity index (χ4v) is 8.74. The summed E-state index contributed by atoms with van der Waals surface area (Å²) in [4.78, 5) is 53.4. The van der Waals surface area contributed by atoms with Gasteiger partial charge in [-0.3, -0.25) is 28.8 Å². The first-order chi connectivity index (χ1) is 29.6. The van der Waals surface area contributed by atoms with Gasteiger partial charge in [0.1, 0.15) is 0 Å². The topological polar surface area (TPSA) is 180 Å². The maximum Gasteiger partial charge on any atom is 0.337 e. The summed E-state index contributed by atoms with van der Waals surface area (Å²) in [5.74, 6) is 2.05. The molecule has 310 valence electrons. The number of non-ortho nitro benzene ring substituents is 1. The number of ether oxygens (including phenoxy) is 1. The van der Waals surface area contributed by atoms with E-state index in [0.717, 1.165) is 94.9 Å². The zero-order valence-corrected chi connectivity index (χ0v) is 36.0. The number of aromatic nitrogens is 8. The second-order valence-electron chi connectivity index (χ2n) is 14.9. The number of methoxy groups -OCH3 is 1. The Labute approximate surface area is 363 Å². The molecule has 0 unspecified atom stereocenters. The van der Waals surface area contributed by atoms with Crippen LogP contribution in [0.3, 0.4) is 0 Å². The molecule has 2 aliphatic rings. The highest BCUT2D eigenvalue weighted by atomic mass is 79.9. The number of benzene rings is 4. The Kier molecular flexibility index (Phi) is 10.8. The molecule has 8 aromatic rings. The van der Waals surface area contributed by atoms with Crippen molar-refractivity contribution in [2.75, 3.05) is 43.1 Å². The van der Waals surface area contributed by atoms with Gasteiger partial charge in [-0.1, -0.05) is 56.1 Å². The van der Waals surface area contributed by atoms with Crippen molar-refractivity contribution >= 4 is 88.8 Å². The molecule has 0 spiro atoms. The van der Waals surface area contributed by atoms with E-state index in [0.29, 0.717) is 34.4 Å². The van der Waals surface area contributed by atoms with Crippen LogP contribution in [0, 0.1) is 10.1 Å². The molecule has 2 fully saturated rings. The van der Waals surface area contributed by atoms with Crippen molar-refractivity contribution < 1.29 is 14.5 Å². The number of esters is 1. The number of halogens is 2. The van der Waals surface area contributed by atoms with Crippen LogP contribution < -0.4 is 20.9 Å². The highest BCUT2D eigenvalue weighted by Gasteiger charge is 2.25. The maximum absolute atomic E-state index is 13.4. The molecule has 0 bridgehead atoms. The fourth-order valence-electron chi connectivity index (χ4n) is 8.02. The van der Waals surface area contributed by atoms with Crippen molar-refractivity contribution in [3.8, 4) is 0 Å². The first kappa shape index (κ1) is 40.0. The maximum atomic E-state index is 13.4. The Hall–Kier alpha value is -6.47. The predicted molar refractivity (Wildman–Crippen MR) is 237 cm³/mol. The number of nitro groups is 1. The number of hydrogen-bond acceptors (Lipinski definition) is 12. The number of nitro benzene ring substituents is 1. The van der Waals surface area contributed by atoms with Crippen LogP contribution in [0.25, 0.3) is 33.4 Å². The summed E-state index contributed by atoms with van der Waals surface area (Å²) >= 11 is 6.94. The van der Waals surface area contributed by atoms with Crippen LogP contribution in [0.5, 0.6) is 0 Å². The van der Waals surface area contributed by atoms with Crippen LogP contribution in [0.2, 0.25) is 0 Å². The summed E-state index contributed by atoms with van der Waals surface area (Å²) in [5, 5.41) is 29.7. The van der Waals surface area contributed by atoms with Gasteiger partial charge in [0.05, 0.1) is 52.5 Å². The van der Waals surface area contributed by atoms with Gasteiger partial charge in [0, 0.05) is 47.3 Å². The molecule has 10 rings (SSSR count). The molecule has 17 nitrogen and oxygen atoms in total. The summed E-state index contributed by atoms with van der Waals surface area (Å²) in [6.45, 7) is 4.20. The van der Waals surface area contributed by atoms with Crippen molar-refractivity contribution in [3.05, 3.63) is 141 Å². The van der Waals surface area contributed by atoms with E-state index in [2.05, 4.69) is 62.1 Å². The standard InChI is InChI=1S/C22H20BrN5O3.C20H17BrN6O3/c1-31-20(30)15-6-4-14(5-7-15)13-27-19(29)17-12-16(23)8-9-18(17)28-21(24-25-22(27)28)26-10-2-3-11-26;21-14-5-8-17-16(11-14)18(28)25(12-13-3-6-15(7-4-13)27(29)30)20-23-22-19(26(17)20)24-9-1-2-10-24/h4-9,12H,2-3,10-11,13H2,1H3;3-8,11H,1-2,9-10,12H2. The SMILES string of the molecule is COC(=O)c1ccc(Cn2c(=O)c3cc(Br)ccc3n3c(N4CCCC4)nnc23)cc1.O=c1c2cc(Br)ccc2n2c(N3CCCC3)nnc2n1Cc1ccc([N+](=O)[O-])cc1. The predicted octanol–water partition coefficient (Wildman–Crippen LogP) is 6.61. The molecular weight excluding hydrogens is 914 g/mol. The summed E-state index contributed by atoms with van der Waals surface area (Å²) in [6, 6.07) is 24.5. The van der Waals surface area contributed by atoms with Gasteiger partial charge in [0.15, 0.2) is 0 Å². The van der Waals surface area contributed by atoms with Gasteiger partial charge < -0.3 is 14.5 Å². The zero-order valence-electron chi connectivity index (χ0n) is 32.8. The number of fused-ring (bicyclic) bond motifs is 6. The van der Waals surface area contributed by atoms with Crippen LogP contribution >= 0.6 is 31.9 Å². The van der Waals surface area contributed by atoms with E-state index in [1.165, 1.54) is 19.2 Å². The van der Waals surface area contributed by atoms with Crippen molar-refractivity contribution in [1.29, 1.82) is 0 Å². The molecule has 0 saturated carbocycles. The van der Waals surface area contributed by atoms with Crippen molar-refractivity contribution in [2.24, 2.45) is 0 Å². The lowest BCUT2D eigenvalue weighted by molar-refractivity contribution is -0.384. The molecule has 0 atom stereocenters. The second kappa shape index (κ2) is 16.5. The van der Waals surface area contributed by atoms with Gasteiger partial charge in [-0.25, -0.2) is 13.6 Å². The number of carbonyl (C=O) groups is 1. The first-order valence-electron chi connectivity index (χ1n) is 19.6. The Morgan fingerprint density at radius 3 is 1.49 bits per heavy atom. The fraction of sp³-hybridized carbons (Fsp3) is 0.262. The number of nitrogens with zero attached hydrogens (tertiary/aromatic N) is 11. The van der Waals surface area contributed by atoms with Gasteiger partial charge in [0.2, 0.25) is 23.5 Å². The van der Waals surface area contributed by atoms with Crippen molar-refractivity contribution in [1.82, 2.24) is 38.3 Å².